The maximum atomic E-state index is 10.4. The molecule has 0 amide bonds. The number of hydrogen-bond donors (Lipinski definition) is 2. The van der Waals surface area contributed by atoms with Crippen LogP contribution in [0.2, 0.25) is 0 Å². The molecule has 5 N–H and O–H groups in total. The lowest BCUT2D eigenvalue weighted by atomic mass is 10.0. The van der Waals surface area contributed by atoms with Crippen molar-refractivity contribution in [2.45, 2.75) is 174 Å². The zero-order chi connectivity index (χ0) is 24.3. The molecule has 208 valence electrons. The summed E-state index contributed by atoms with van der Waals surface area (Å²) >= 11 is 0. The van der Waals surface area contributed by atoms with E-state index in [1.807, 2.05) is 0 Å². The Morgan fingerprint density at radius 1 is 0.441 bits per heavy atom. The Labute approximate surface area is 214 Å². The quantitative estimate of drug-likeness (QED) is 0.0810. The number of quaternary nitrogens is 1. The normalized spacial score (nSPS) is 11.6. The molecule has 0 aromatic rings. The fourth-order valence-electron chi connectivity index (χ4n) is 4.58. The predicted octanol–water partition coefficient (Wildman–Crippen LogP) is 10.3. The second-order valence-corrected chi connectivity index (χ2v) is 11.2. The summed E-state index contributed by atoms with van der Waals surface area (Å²) < 4.78 is 33.6. The Hall–Kier alpha value is -0.170. The summed E-state index contributed by atoms with van der Waals surface area (Å²) in [7, 11) is -4.25. The summed E-state index contributed by atoms with van der Waals surface area (Å²) in [5.41, 5.74) is 0. The third-order valence-electron chi connectivity index (χ3n) is 6.73. The highest BCUT2D eigenvalue weighted by atomic mass is 32.3. The molecule has 0 saturated carbocycles. The fraction of sp³-hybridized carbons (Fsp3) is 1.00. The van der Waals surface area contributed by atoms with E-state index >= 15 is 0 Å². The van der Waals surface area contributed by atoms with Crippen molar-refractivity contribution in [3.8, 4) is 0 Å². The van der Waals surface area contributed by atoms with Crippen LogP contribution >= 0.6 is 0 Å². The van der Waals surface area contributed by atoms with Gasteiger partial charge in [0.2, 0.25) is 0 Å². The van der Waals surface area contributed by atoms with Crippen LogP contribution in [0, 0.1) is 0 Å². The van der Waals surface area contributed by atoms with E-state index in [1.165, 1.54) is 148 Å². The summed E-state index contributed by atoms with van der Waals surface area (Å²) in [6.45, 7) is 2.39. The molecular formula is C28H62NO4S+. The maximum Gasteiger partial charge on any atom is 0.397 e. The minimum atomic E-state index is -4.25. The van der Waals surface area contributed by atoms with E-state index in [0.29, 0.717) is 6.42 Å². The van der Waals surface area contributed by atoms with Gasteiger partial charge in [0.15, 0.2) is 0 Å². The lowest BCUT2D eigenvalue weighted by Gasteiger charge is -2.04. The SMILES string of the molecule is CCCCCCCCCCCCCCCCCCCCCCCCCCCCOS(=O)(=O)O.[NH4+]. The molecule has 0 heterocycles. The van der Waals surface area contributed by atoms with Crippen molar-refractivity contribution in [3.63, 3.8) is 0 Å². The molecule has 0 aliphatic rings. The van der Waals surface area contributed by atoms with E-state index in [4.69, 9.17) is 4.55 Å². The van der Waals surface area contributed by atoms with Crippen molar-refractivity contribution in [2.24, 2.45) is 0 Å². The monoisotopic (exact) mass is 508 g/mol. The minimum absolute atomic E-state index is 0. The second-order valence-electron chi connectivity index (χ2n) is 10.1. The van der Waals surface area contributed by atoms with Crippen LogP contribution in [0.5, 0.6) is 0 Å². The van der Waals surface area contributed by atoms with Crippen LogP contribution < -0.4 is 6.15 Å². The van der Waals surface area contributed by atoms with E-state index in [0.717, 1.165) is 12.8 Å². The first-order valence-electron chi connectivity index (χ1n) is 14.7. The molecule has 0 atom stereocenters. The minimum Gasteiger partial charge on any atom is -0.369 e. The number of unbranched alkanes of at least 4 members (excludes halogenated alkanes) is 25. The Balaban J connectivity index is 0. The van der Waals surface area contributed by atoms with Gasteiger partial charge in [0.25, 0.3) is 0 Å². The molecule has 0 spiro atoms. The number of hydrogen-bond acceptors (Lipinski definition) is 3. The lowest BCUT2D eigenvalue weighted by molar-refractivity contribution is 0.261. The third-order valence-corrected chi connectivity index (χ3v) is 7.19. The van der Waals surface area contributed by atoms with Gasteiger partial charge in [0.05, 0.1) is 6.61 Å². The predicted molar refractivity (Wildman–Crippen MR) is 149 cm³/mol. The van der Waals surface area contributed by atoms with Crippen LogP contribution in [0.3, 0.4) is 0 Å². The van der Waals surface area contributed by atoms with E-state index in [2.05, 4.69) is 11.1 Å². The first-order chi connectivity index (χ1) is 16.1. The first kappa shape index (κ1) is 36.0. The van der Waals surface area contributed by atoms with Crippen molar-refractivity contribution in [2.75, 3.05) is 6.61 Å². The average molecular weight is 509 g/mol. The highest BCUT2D eigenvalue weighted by molar-refractivity contribution is 7.80. The molecule has 0 aromatic heterocycles. The van der Waals surface area contributed by atoms with Gasteiger partial charge in [-0.3, -0.25) is 4.55 Å². The van der Waals surface area contributed by atoms with Gasteiger partial charge in [-0.2, -0.15) is 8.42 Å². The highest BCUT2D eigenvalue weighted by Gasteiger charge is 2.02. The molecule has 0 aliphatic heterocycles. The Bertz CT molecular complexity index is 471. The average Bonchev–Trinajstić information content (AvgIpc) is 2.78. The topological polar surface area (TPSA) is 100 Å². The molecule has 0 saturated heterocycles. The van der Waals surface area contributed by atoms with Crippen LogP contribution in [-0.2, 0) is 14.6 Å². The van der Waals surface area contributed by atoms with Crippen molar-refractivity contribution in [1.29, 1.82) is 0 Å². The maximum absolute atomic E-state index is 10.4. The molecule has 0 rings (SSSR count). The number of rotatable bonds is 28. The molecule has 34 heavy (non-hydrogen) atoms. The lowest BCUT2D eigenvalue weighted by Crippen LogP contribution is -2.04. The zero-order valence-electron chi connectivity index (χ0n) is 23.2. The summed E-state index contributed by atoms with van der Waals surface area (Å²) in [6, 6.07) is 0. The summed E-state index contributed by atoms with van der Waals surface area (Å²) in [4.78, 5) is 0. The van der Waals surface area contributed by atoms with E-state index in [-0.39, 0.29) is 12.8 Å². The summed E-state index contributed by atoms with van der Waals surface area (Å²) in [6.07, 6.45) is 35.2. The van der Waals surface area contributed by atoms with E-state index in [1.54, 1.807) is 0 Å². The molecule has 5 nitrogen and oxygen atoms in total. The van der Waals surface area contributed by atoms with Gasteiger partial charge in [0, 0.05) is 0 Å². The van der Waals surface area contributed by atoms with Gasteiger partial charge in [-0.1, -0.05) is 167 Å². The zero-order valence-corrected chi connectivity index (χ0v) is 24.0. The molecule has 0 unspecified atom stereocenters. The van der Waals surface area contributed by atoms with Gasteiger partial charge in [-0.25, -0.2) is 4.18 Å². The van der Waals surface area contributed by atoms with Gasteiger partial charge in [-0.15, -0.1) is 0 Å². The van der Waals surface area contributed by atoms with Gasteiger partial charge in [-0.05, 0) is 6.42 Å². The van der Waals surface area contributed by atoms with Crippen molar-refractivity contribution in [3.05, 3.63) is 0 Å². The summed E-state index contributed by atoms with van der Waals surface area (Å²) in [5, 5.41) is 0. The third kappa shape index (κ3) is 34.0. The molecule has 0 aliphatic carbocycles. The van der Waals surface area contributed by atoms with Crippen LogP contribution in [0.1, 0.15) is 174 Å². The smallest absolute Gasteiger partial charge is 0.369 e. The van der Waals surface area contributed by atoms with Gasteiger partial charge in [0.1, 0.15) is 0 Å². The van der Waals surface area contributed by atoms with Crippen molar-refractivity contribution in [1.82, 2.24) is 6.15 Å². The molecule has 0 fully saturated rings. The van der Waals surface area contributed by atoms with Crippen LogP contribution in [0.25, 0.3) is 0 Å². The fourth-order valence-corrected chi connectivity index (χ4v) is 4.91. The van der Waals surface area contributed by atoms with Crippen LogP contribution in [0.4, 0.5) is 0 Å². The van der Waals surface area contributed by atoms with E-state index in [9.17, 15) is 8.42 Å². The standard InChI is InChI=1S/C28H58O4S.H3N/c1-2-3-4-5-6-7-8-9-10-11-12-13-14-15-16-17-18-19-20-21-22-23-24-25-26-27-28-32-33(29,30)31;/h2-28H2,1H3,(H,29,30,31);1H3/p+1. The molecule has 0 bridgehead atoms. The molecule has 6 heteroatoms. The van der Waals surface area contributed by atoms with E-state index < -0.39 is 10.4 Å². The van der Waals surface area contributed by atoms with Crippen LogP contribution in [0.15, 0.2) is 0 Å². The van der Waals surface area contributed by atoms with Crippen molar-refractivity contribution >= 4 is 10.4 Å². The Morgan fingerprint density at radius 3 is 0.853 bits per heavy atom. The Morgan fingerprint density at radius 2 is 0.647 bits per heavy atom. The summed E-state index contributed by atoms with van der Waals surface area (Å²) in [5.74, 6) is 0. The second kappa shape index (κ2) is 29.1. The largest absolute Gasteiger partial charge is 0.397 e. The van der Waals surface area contributed by atoms with Gasteiger partial charge >= 0.3 is 10.4 Å². The first-order valence-corrected chi connectivity index (χ1v) is 16.0. The highest BCUT2D eigenvalue weighted by Crippen LogP contribution is 2.16. The van der Waals surface area contributed by atoms with Crippen molar-refractivity contribution < 1.29 is 17.2 Å². The molecule has 0 aromatic carbocycles. The Kier molecular flexibility index (Phi) is 30.8. The van der Waals surface area contributed by atoms with Crippen LogP contribution in [-0.4, -0.2) is 19.6 Å². The molecular weight excluding hydrogens is 446 g/mol. The van der Waals surface area contributed by atoms with Gasteiger partial charge < -0.3 is 6.15 Å². The molecule has 0 radical (unpaired) electrons.